The van der Waals surface area contributed by atoms with Crippen LogP contribution in [0.2, 0.25) is 0 Å². The molecular formula is C22H26N6O3. The van der Waals surface area contributed by atoms with Crippen LogP contribution in [0, 0.1) is 0 Å². The van der Waals surface area contributed by atoms with Crippen molar-refractivity contribution in [1.82, 2.24) is 19.5 Å². The maximum atomic E-state index is 11.7. The zero-order chi connectivity index (χ0) is 21.2. The van der Waals surface area contributed by atoms with Crippen LogP contribution in [0.4, 0.5) is 5.82 Å². The first-order valence-corrected chi connectivity index (χ1v) is 10.7. The summed E-state index contributed by atoms with van der Waals surface area (Å²) in [4.78, 5) is 27.3. The number of rotatable bonds is 5. The molecule has 31 heavy (non-hydrogen) atoms. The molecule has 1 amide bonds. The number of aromatic nitrogens is 4. The van der Waals surface area contributed by atoms with E-state index in [1.807, 2.05) is 24.8 Å². The van der Waals surface area contributed by atoms with Crippen molar-refractivity contribution in [2.24, 2.45) is 5.73 Å². The Morgan fingerprint density at radius 2 is 1.97 bits per heavy atom. The van der Waals surface area contributed by atoms with E-state index in [0.717, 1.165) is 50.1 Å². The predicted octanol–water partition coefficient (Wildman–Crippen LogP) is 2.32. The normalized spacial score (nSPS) is 21.9. The van der Waals surface area contributed by atoms with E-state index in [-0.39, 0.29) is 6.10 Å². The highest BCUT2D eigenvalue weighted by Crippen LogP contribution is 2.34. The Kier molecular flexibility index (Phi) is 5.42. The van der Waals surface area contributed by atoms with Crippen molar-refractivity contribution in [2.75, 3.05) is 31.2 Å². The van der Waals surface area contributed by atoms with Gasteiger partial charge in [0.2, 0.25) is 11.8 Å². The average molecular weight is 422 g/mol. The van der Waals surface area contributed by atoms with Gasteiger partial charge in [0.05, 0.1) is 36.0 Å². The monoisotopic (exact) mass is 422 g/mol. The number of pyridine rings is 2. The predicted molar refractivity (Wildman–Crippen MR) is 115 cm³/mol. The number of carbonyl (C=O) groups is 1. The molecule has 0 unspecified atom stereocenters. The molecule has 1 aliphatic heterocycles. The van der Waals surface area contributed by atoms with Crippen LogP contribution in [0.15, 0.2) is 37.1 Å². The molecule has 0 bridgehead atoms. The number of hydrogen-bond donors (Lipinski definition) is 1. The quantitative estimate of drug-likeness (QED) is 0.672. The Labute approximate surface area is 180 Å². The van der Waals surface area contributed by atoms with Crippen LogP contribution in [0.1, 0.15) is 42.1 Å². The lowest BCUT2D eigenvalue weighted by atomic mass is 9.93. The van der Waals surface area contributed by atoms with Crippen molar-refractivity contribution in [3.63, 3.8) is 0 Å². The summed E-state index contributed by atoms with van der Waals surface area (Å²) in [6.45, 7) is 2.88. The van der Waals surface area contributed by atoms with Gasteiger partial charge in [-0.2, -0.15) is 4.98 Å². The van der Waals surface area contributed by atoms with Crippen molar-refractivity contribution in [3.8, 4) is 5.88 Å². The van der Waals surface area contributed by atoms with Gasteiger partial charge in [-0.15, -0.1) is 0 Å². The second kappa shape index (κ2) is 8.50. The number of ether oxygens (including phenoxy) is 2. The lowest BCUT2D eigenvalue weighted by molar-refractivity contribution is 0.1000. The molecule has 1 saturated carbocycles. The maximum Gasteiger partial charge on any atom is 0.250 e. The van der Waals surface area contributed by atoms with Gasteiger partial charge in [0.1, 0.15) is 11.9 Å². The van der Waals surface area contributed by atoms with Gasteiger partial charge in [-0.25, -0.2) is 4.98 Å². The first kappa shape index (κ1) is 19.7. The van der Waals surface area contributed by atoms with Crippen LogP contribution in [-0.4, -0.2) is 57.8 Å². The van der Waals surface area contributed by atoms with Crippen molar-refractivity contribution in [1.29, 1.82) is 0 Å². The maximum absolute atomic E-state index is 11.7. The third-order valence-corrected chi connectivity index (χ3v) is 6.12. The number of primary amides is 1. The summed E-state index contributed by atoms with van der Waals surface area (Å²) in [6.07, 6.45) is 11.2. The third-order valence-electron chi connectivity index (χ3n) is 6.12. The summed E-state index contributed by atoms with van der Waals surface area (Å²) < 4.78 is 14.1. The van der Waals surface area contributed by atoms with E-state index in [2.05, 4.69) is 19.4 Å². The lowest BCUT2D eigenvalue weighted by Gasteiger charge is -2.31. The largest absolute Gasteiger partial charge is 0.474 e. The summed E-state index contributed by atoms with van der Waals surface area (Å²) in [5.41, 5.74) is 6.57. The fraction of sp³-hybridized carbons (Fsp3) is 0.455. The molecule has 9 nitrogen and oxygen atoms in total. The molecule has 9 heteroatoms. The van der Waals surface area contributed by atoms with E-state index in [9.17, 15) is 4.79 Å². The number of morpholine rings is 1. The Morgan fingerprint density at radius 3 is 2.68 bits per heavy atom. The summed E-state index contributed by atoms with van der Waals surface area (Å²) in [5.74, 6) is 0.816. The zero-order valence-electron chi connectivity index (χ0n) is 17.3. The summed E-state index contributed by atoms with van der Waals surface area (Å²) >= 11 is 0. The molecule has 0 atom stereocenters. The summed E-state index contributed by atoms with van der Waals surface area (Å²) in [7, 11) is 0. The van der Waals surface area contributed by atoms with Crippen LogP contribution in [0.3, 0.4) is 0 Å². The van der Waals surface area contributed by atoms with Crippen LogP contribution in [0.5, 0.6) is 5.88 Å². The fourth-order valence-corrected chi connectivity index (χ4v) is 4.36. The Balaban J connectivity index is 1.42. The lowest BCUT2D eigenvalue weighted by Crippen LogP contribution is -2.36. The minimum atomic E-state index is -0.515. The first-order chi connectivity index (χ1) is 15.2. The molecule has 3 aromatic rings. The van der Waals surface area contributed by atoms with Crippen molar-refractivity contribution in [3.05, 3.63) is 42.6 Å². The molecule has 2 fully saturated rings. The van der Waals surface area contributed by atoms with E-state index in [1.165, 1.54) is 6.20 Å². The van der Waals surface area contributed by atoms with E-state index in [1.54, 1.807) is 6.07 Å². The molecule has 162 valence electrons. The summed E-state index contributed by atoms with van der Waals surface area (Å²) in [5, 5.41) is 0.713. The van der Waals surface area contributed by atoms with Crippen molar-refractivity contribution >= 4 is 22.6 Å². The highest BCUT2D eigenvalue weighted by atomic mass is 16.5. The number of anilines is 1. The van der Waals surface area contributed by atoms with Gasteiger partial charge in [0.25, 0.3) is 0 Å². The van der Waals surface area contributed by atoms with Crippen LogP contribution < -0.4 is 15.4 Å². The molecule has 3 aromatic heterocycles. The Morgan fingerprint density at radius 1 is 1.16 bits per heavy atom. The topological polar surface area (TPSA) is 108 Å². The summed E-state index contributed by atoms with van der Waals surface area (Å²) in [6, 6.07) is 4.12. The molecule has 0 spiro atoms. The van der Waals surface area contributed by atoms with Gasteiger partial charge in [-0.05, 0) is 31.7 Å². The van der Waals surface area contributed by atoms with E-state index in [4.69, 9.17) is 20.2 Å². The van der Waals surface area contributed by atoms with Gasteiger partial charge in [0, 0.05) is 43.8 Å². The minimum Gasteiger partial charge on any atom is -0.474 e. The number of fused-ring (bicyclic) bond motifs is 1. The zero-order valence-corrected chi connectivity index (χ0v) is 17.3. The van der Waals surface area contributed by atoms with Crippen LogP contribution in [-0.2, 0) is 4.74 Å². The molecule has 2 N–H and O–H groups in total. The van der Waals surface area contributed by atoms with Gasteiger partial charge in [-0.1, -0.05) is 0 Å². The minimum absolute atomic E-state index is 0.0626. The van der Waals surface area contributed by atoms with Crippen LogP contribution in [0.25, 0.3) is 10.9 Å². The molecule has 1 saturated heterocycles. The SMILES string of the molecule is NC(=O)c1cnc2cc(N3CCOCC3)nc(OC3CCC(n4ccnc4)CC3)c2c1. The molecule has 1 aliphatic carbocycles. The third kappa shape index (κ3) is 4.18. The van der Waals surface area contributed by atoms with Gasteiger partial charge >= 0.3 is 0 Å². The van der Waals surface area contributed by atoms with Gasteiger partial charge in [-0.3, -0.25) is 9.78 Å². The molecule has 0 radical (unpaired) electrons. The molecule has 0 aromatic carbocycles. The number of nitrogens with zero attached hydrogens (tertiary/aromatic N) is 5. The standard InChI is InChI=1S/C22H26N6O3/c23-21(29)15-11-18-19(25-13-15)12-20(27-7-9-30-10-8-27)26-22(18)31-17-3-1-16(2-4-17)28-6-5-24-14-28/h5-6,11-14,16-17H,1-4,7-10H2,(H2,23,29). The van der Waals surface area contributed by atoms with E-state index >= 15 is 0 Å². The average Bonchev–Trinajstić information content (AvgIpc) is 3.35. The van der Waals surface area contributed by atoms with E-state index in [0.29, 0.717) is 36.1 Å². The Bertz CT molecular complexity index is 1060. The second-order valence-corrected chi connectivity index (χ2v) is 8.10. The van der Waals surface area contributed by atoms with Crippen molar-refractivity contribution < 1.29 is 14.3 Å². The Hall–Kier alpha value is -3.20. The molecule has 4 heterocycles. The highest BCUT2D eigenvalue weighted by molar-refractivity contribution is 5.97. The first-order valence-electron chi connectivity index (χ1n) is 10.7. The van der Waals surface area contributed by atoms with E-state index < -0.39 is 5.91 Å². The molecular weight excluding hydrogens is 396 g/mol. The van der Waals surface area contributed by atoms with Gasteiger partial charge in [0.15, 0.2) is 0 Å². The second-order valence-electron chi connectivity index (χ2n) is 8.10. The van der Waals surface area contributed by atoms with Gasteiger partial charge < -0.3 is 24.7 Å². The number of amides is 1. The van der Waals surface area contributed by atoms with Crippen LogP contribution >= 0.6 is 0 Å². The fourth-order valence-electron chi connectivity index (χ4n) is 4.36. The number of nitrogens with two attached hydrogens (primary N) is 1. The number of hydrogen-bond acceptors (Lipinski definition) is 7. The smallest absolute Gasteiger partial charge is 0.250 e. The number of imidazole rings is 1. The number of carbonyl (C=O) groups excluding carboxylic acids is 1. The highest BCUT2D eigenvalue weighted by Gasteiger charge is 2.25. The molecule has 5 rings (SSSR count). The molecule has 2 aliphatic rings. The van der Waals surface area contributed by atoms with Crippen molar-refractivity contribution in [2.45, 2.75) is 37.8 Å².